The van der Waals surface area contributed by atoms with Crippen molar-refractivity contribution in [1.29, 1.82) is 0 Å². The molecule has 0 aliphatic carbocycles. The summed E-state index contributed by atoms with van der Waals surface area (Å²) in [4.78, 5) is 23.6. The molecule has 0 unspecified atom stereocenters. The van der Waals surface area contributed by atoms with Crippen molar-refractivity contribution < 1.29 is 19.1 Å². The molecule has 0 saturated carbocycles. The molecule has 0 atom stereocenters. The molecular formula is C17H16O4. The molecule has 4 heteroatoms. The summed E-state index contributed by atoms with van der Waals surface area (Å²) in [7, 11) is 2.65. The van der Waals surface area contributed by atoms with Crippen LogP contribution in [0.4, 0.5) is 0 Å². The van der Waals surface area contributed by atoms with Gasteiger partial charge < -0.3 is 9.47 Å². The van der Waals surface area contributed by atoms with Gasteiger partial charge in [-0.25, -0.2) is 9.59 Å². The summed E-state index contributed by atoms with van der Waals surface area (Å²) >= 11 is 0. The fraction of sp³-hybridized carbons (Fsp3) is 0.176. The molecule has 2 aromatic carbocycles. The van der Waals surface area contributed by atoms with E-state index in [2.05, 4.69) is 0 Å². The number of hydrogen-bond donors (Lipinski definition) is 0. The van der Waals surface area contributed by atoms with Crippen molar-refractivity contribution in [1.82, 2.24) is 0 Å². The minimum atomic E-state index is -0.443. The Bertz CT molecular complexity index is 689. The van der Waals surface area contributed by atoms with Crippen molar-refractivity contribution >= 4 is 11.9 Å². The molecule has 2 aromatic rings. The number of esters is 2. The number of carbonyl (C=O) groups excluding carboxylic acids is 2. The molecule has 21 heavy (non-hydrogen) atoms. The summed E-state index contributed by atoms with van der Waals surface area (Å²) in [6.45, 7) is 1.95. The van der Waals surface area contributed by atoms with Crippen LogP contribution < -0.4 is 0 Å². The minimum absolute atomic E-state index is 0.392. The SMILES string of the molecule is COC(=O)c1ccc(C(=O)OC)c(-c2ccccc2C)c1. The first kappa shape index (κ1) is 14.8. The van der Waals surface area contributed by atoms with Crippen molar-refractivity contribution in [3.63, 3.8) is 0 Å². The molecular weight excluding hydrogens is 268 g/mol. The van der Waals surface area contributed by atoms with Gasteiger partial charge in [0.05, 0.1) is 25.3 Å². The number of rotatable bonds is 3. The Morgan fingerprint density at radius 3 is 2.14 bits per heavy atom. The molecule has 0 saturated heterocycles. The largest absolute Gasteiger partial charge is 0.465 e. The van der Waals surface area contributed by atoms with Crippen molar-refractivity contribution in [2.75, 3.05) is 14.2 Å². The molecule has 2 rings (SSSR count). The fourth-order valence-electron chi connectivity index (χ4n) is 2.17. The van der Waals surface area contributed by atoms with Crippen LogP contribution in [0.5, 0.6) is 0 Å². The zero-order chi connectivity index (χ0) is 15.4. The summed E-state index contributed by atoms with van der Waals surface area (Å²) in [5.74, 6) is -0.883. The summed E-state index contributed by atoms with van der Waals surface area (Å²) in [6, 6.07) is 12.4. The highest BCUT2D eigenvalue weighted by Crippen LogP contribution is 2.28. The van der Waals surface area contributed by atoms with E-state index in [0.29, 0.717) is 16.7 Å². The molecule has 0 spiro atoms. The molecule has 0 N–H and O–H groups in total. The number of aryl methyl sites for hydroxylation is 1. The van der Waals surface area contributed by atoms with Gasteiger partial charge in [0, 0.05) is 0 Å². The van der Waals surface area contributed by atoms with Crippen molar-refractivity contribution in [3.8, 4) is 11.1 Å². The second-order valence-corrected chi connectivity index (χ2v) is 4.56. The Hall–Kier alpha value is -2.62. The van der Waals surface area contributed by atoms with Gasteiger partial charge in [-0.05, 0) is 41.8 Å². The van der Waals surface area contributed by atoms with Gasteiger partial charge in [0.1, 0.15) is 0 Å². The van der Waals surface area contributed by atoms with E-state index in [1.165, 1.54) is 14.2 Å². The molecule has 108 valence electrons. The smallest absolute Gasteiger partial charge is 0.338 e. The molecule has 0 heterocycles. The zero-order valence-electron chi connectivity index (χ0n) is 12.2. The summed E-state index contributed by atoms with van der Waals surface area (Å²) in [6.07, 6.45) is 0. The van der Waals surface area contributed by atoms with Gasteiger partial charge in [-0.2, -0.15) is 0 Å². The highest BCUT2D eigenvalue weighted by Gasteiger charge is 2.17. The first-order valence-corrected chi connectivity index (χ1v) is 6.45. The van der Waals surface area contributed by atoms with E-state index in [1.54, 1.807) is 18.2 Å². The molecule has 0 fully saturated rings. The molecule has 0 aliphatic heterocycles. The van der Waals surface area contributed by atoms with Crippen LogP contribution in [0.2, 0.25) is 0 Å². The third kappa shape index (κ3) is 2.94. The molecule has 4 nitrogen and oxygen atoms in total. The van der Waals surface area contributed by atoms with Gasteiger partial charge in [0.15, 0.2) is 0 Å². The van der Waals surface area contributed by atoms with E-state index in [0.717, 1.165) is 11.1 Å². The first-order valence-electron chi connectivity index (χ1n) is 6.45. The Kier molecular flexibility index (Phi) is 4.38. The Balaban J connectivity index is 2.67. The second-order valence-electron chi connectivity index (χ2n) is 4.56. The van der Waals surface area contributed by atoms with Crippen molar-refractivity contribution in [2.24, 2.45) is 0 Å². The highest BCUT2D eigenvalue weighted by atomic mass is 16.5. The van der Waals surface area contributed by atoms with E-state index in [-0.39, 0.29) is 0 Å². The van der Waals surface area contributed by atoms with Crippen LogP contribution >= 0.6 is 0 Å². The van der Waals surface area contributed by atoms with Gasteiger partial charge >= 0.3 is 11.9 Å². The van der Waals surface area contributed by atoms with Crippen LogP contribution in [0.15, 0.2) is 42.5 Å². The number of methoxy groups -OCH3 is 2. The quantitative estimate of drug-likeness (QED) is 0.812. The van der Waals surface area contributed by atoms with E-state index in [1.807, 2.05) is 31.2 Å². The summed E-state index contributed by atoms with van der Waals surface area (Å²) < 4.78 is 9.54. The maximum Gasteiger partial charge on any atom is 0.338 e. The number of hydrogen-bond acceptors (Lipinski definition) is 4. The lowest BCUT2D eigenvalue weighted by molar-refractivity contribution is 0.0587. The predicted octanol–water partition coefficient (Wildman–Crippen LogP) is 3.24. The molecule has 0 amide bonds. The third-order valence-electron chi connectivity index (χ3n) is 3.28. The predicted molar refractivity (Wildman–Crippen MR) is 79.3 cm³/mol. The first-order chi connectivity index (χ1) is 10.1. The second kappa shape index (κ2) is 6.22. The Morgan fingerprint density at radius 1 is 0.857 bits per heavy atom. The van der Waals surface area contributed by atoms with Gasteiger partial charge in [-0.15, -0.1) is 0 Å². The number of carbonyl (C=O) groups is 2. The van der Waals surface area contributed by atoms with Gasteiger partial charge in [-0.3, -0.25) is 0 Å². The van der Waals surface area contributed by atoms with Crippen molar-refractivity contribution in [3.05, 3.63) is 59.2 Å². The molecule has 0 bridgehead atoms. The Labute approximate surface area is 123 Å². The maximum absolute atomic E-state index is 11.9. The average Bonchev–Trinajstić information content (AvgIpc) is 2.53. The van der Waals surface area contributed by atoms with Gasteiger partial charge in [0.2, 0.25) is 0 Å². The van der Waals surface area contributed by atoms with E-state index < -0.39 is 11.9 Å². The van der Waals surface area contributed by atoms with E-state index >= 15 is 0 Å². The van der Waals surface area contributed by atoms with Crippen LogP contribution in [-0.2, 0) is 9.47 Å². The normalized spacial score (nSPS) is 10.0. The van der Waals surface area contributed by atoms with E-state index in [9.17, 15) is 9.59 Å². The standard InChI is InChI=1S/C17H16O4/c1-11-6-4-5-7-13(11)15-10-12(16(18)20-2)8-9-14(15)17(19)21-3/h4-10H,1-3H3. The minimum Gasteiger partial charge on any atom is -0.465 e. The maximum atomic E-state index is 11.9. The van der Waals surface area contributed by atoms with Gasteiger partial charge in [-0.1, -0.05) is 24.3 Å². The van der Waals surface area contributed by atoms with Crippen LogP contribution in [0, 0.1) is 6.92 Å². The molecule has 0 aromatic heterocycles. The van der Waals surface area contributed by atoms with Crippen LogP contribution in [-0.4, -0.2) is 26.2 Å². The molecule has 0 aliphatic rings. The zero-order valence-corrected chi connectivity index (χ0v) is 12.2. The summed E-state index contributed by atoms with van der Waals surface area (Å²) in [5, 5.41) is 0. The van der Waals surface area contributed by atoms with Crippen LogP contribution in [0.25, 0.3) is 11.1 Å². The van der Waals surface area contributed by atoms with Gasteiger partial charge in [0.25, 0.3) is 0 Å². The average molecular weight is 284 g/mol. The summed E-state index contributed by atoms with van der Waals surface area (Å²) in [5.41, 5.74) is 3.35. The van der Waals surface area contributed by atoms with E-state index in [4.69, 9.17) is 9.47 Å². The van der Waals surface area contributed by atoms with Crippen LogP contribution in [0.1, 0.15) is 26.3 Å². The number of ether oxygens (including phenoxy) is 2. The lowest BCUT2D eigenvalue weighted by atomic mass is 9.94. The third-order valence-corrected chi connectivity index (χ3v) is 3.28. The van der Waals surface area contributed by atoms with Crippen LogP contribution in [0.3, 0.4) is 0 Å². The monoisotopic (exact) mass is 284 g/mol. The molecule has 0 radical (unpaired) electrons. The lowest BCUT2D eigenvalue weighted by Crippen LogP contribution is -2.07. The fourth-order valence-corrected chi connectivity index (χ4v) is 2.17. The topological polar surface area (TPSA) is 52.6 Å². The van der Waals surface area contributed by atoms with Crippen molar-refractivity contribution in [2.45, 2.75) is 6.92 Å². The Morgan fingerprint density at radius 2 is 1.52 bits per heavy atom. The highest BCUT2D eigenvalue weighted by molar-refractivity contribution is 6.00. The number of benzene rings is 2. The lowest BCUT2D eigenvalue weighted by Gasteiger charge is -2.12.